The second kappa shape index (κ2) is 2.31. The van der Waals surface area contributed by atoms with Crippen LogP contribution in [0.25, 0.3) is 0 Å². The maximum atomic E-state index is 2.30. The second-order valence-electron chi connectivity index (χ2n) is 2.76. The fourth-order valence-electron chi connectivity index (χ4n) is 1.30. The van der Waals surface area contributed by atoms with Gasteiger partial charge in [0.2, 0.25) is 0 Å². The Morgan fingerprint density at radius 1 is 1.20 bits per heavy atom. The van der Waals surface area contributed by atoms with Gasteiger partial charge in [-0.05, 0) is 18.1 Å². The summed E-state index contributed by atoms with van der Waals surface area (Å²) < 4.78 is 0. The number of fused-ring (bicyclic) bond motifs is 1. The number of thioether (sulfide) groups is 1. The smallest absolute Gasteiger partial charge is 0.0191 e. The van der Waals surface area contributed by atoms with Gasteiger partial charge in [-0.15, -0.1) is 0 Å². The van der Waals surface area contributed by atoms with Crippen molar-refractivity contribution in [2.45, 2.75) is 18.4 Å². The van der Waals surface area contributed by atoms with Crippen LogP contribution in [-0.4, -0.2) is 0 Å². The molecule has 10 heavy (non-hydrogen) atoms. The van der Waals surface area contributed by atoms with Crippen molar-refractivity contribution < 1.29 is 0 Å². The quantitative estimate of drug-likeness (QED) is 0.548. The highest BCUT2D eigenvalue weighted by Crippen LogP contribution is 2.29. The topological polar surface area (TPSA) is 0 Å². The predicted molar refractivity (Wildman–Crippen MR) is 46.2 cm³/mol. The SMILES string of the molecule is Cc1ccc2c(c1)CSC2. The van der Waals surface area contributed by atoms with Gasteiger partial charge in [-0.25, -0.2) is 0 Å². The Morgan fingerprint density at radius 3 is 2.90 bits per heavy atom. The zero-order chi connectivity index (χ0) is 6.97. The normalized spacial score (nSPS) is 15.3. The highest BCUT2D eigenvalue weighted by Gasteiger charge is 2.09. The number of hydrogen-bond acceptors (Lipinski definition) is 1. The van der Waals surface area contributed by atoms with Gasteiger partial charge in [-0.3, -0.25) is 0 Å². The van der Waals surface area contributed by atoms with E-state index in [1.807, 2.05) is 11.8 Å². The summed E-state index contributed by atoms with van der Waals surface area (Å²) in [5.41, 5.74) is 4.47. The van der Waals surface area contributed by atoms with E-state index in [-0.39, 0.29) is 0 Å². The third-order valence-electron chi connectivity index (χ3n) is 1.88. The monoisotopic (exact) mass is 150 g/mol. The molecule has 0 atom stereocenters. The average molecular weight is 150 g/mol. The van der Waals surface area contributed by atoms with Gasteiger partial charge in [0.25, 0.3) is 0 Å². The highest BCUT2D eigenvalue weighted by atomic mass is 32.2. The van der Waals surface area contributed by atoms with Gasteiger partial charge in [-0.2, -0.15) is 11.8 Å². The van der Waals surface area contributed by atoms with Gasteiger partial charge >= 0.3 is 0 Å². The molecular weight excluding hydrogens is 140 g/mol. The van der Waals surface area contributed by atoms with Crippen molar-refractivity contribution in [3.05, 3.63) is 34.9 Å². The molecule has 0 radical (unpaired) electrons. The van der Waals surface area contributed by atoms with Crippen LogP contribution in [0.1, 0.15) is 16.7 Å². The van der Waals surface area contributed by atoms with Crippen molar-refractivity contribution in [2.24, 2.45) is 0 Å². The lowest BCUT2D eigenvalue weighted by atomic mass is 10.1. The summed E-state index contributed by atoms with van der Waals surface area (Å²) in [4.78, 5) is 0. The number of rotatable bonds is 0. The fraction of sp³-hybridized carbons (Fsp3) is 0.333. The van der Waals surface area contributed by atoms with Crippen molar-refractivity contribution in [1.29, 1.82) is 0 Å². The van der Waals surface area contributed by atoms with Crippen LogP contribution >= 0.6 is 11.8 Å². The molecule has 1 aliphatic rings. The van der Waals surface area contributed by atoms with Gasteiger partial charge in [-0.1, -0.05) is 23.8 Å². The summed E-state index contributed by atoms with van der Waals surface area (Å²) in [6.07, 6.45) is 0. The van der Waals surface area contributed by atoms with Gasteiger partial charge in [0.05, 0.1) is 0 Å². The van der Waals surface area contributed by atoms with Gasteiger partial charge in [0, 0.05) is 11.5 Å². The van der Waals surface area contributed by atoms with Crippen molar-refractivity contribution in [1.82, 2.24) is 0 Å². The van der Waals surface area contributed by atoms with E-state index in [1.165, 1.54) is 22.6 Å². The molecule has 1 aromatic rings. The first-order valence-electron chi connectivity index (χ1n) is 3.52. The van der Waals surface area contributed by atoms with Crippen LogP contribution in [0.3, 0.4) is 0 Å². The first-order valence-corrected chi connectivity index (χ1v) is 4.68. The number of aryl methyl sites for hydroxylation is 1. The molecule has 0 spiro atoms. The van der Waals surface area contributed by atoms with Crippen LogP contribution in [-0.2, 0) is 11.5 Å². The van der Waals surface area contributed by atoms with Gasteiger partial charge < -0.3 is 0 Å². The molecule has 0 saturated carbocycles. The molecule has 0 aromatic heterocycles. The lowest BCUT2D eigenvalue weighted by Gasteiger charge is -1.97. The van der Waals surface area contributed by atoms with Crippen LogP contribution in [0.5, 0.6) is 0 Å². The van der Waals surface area contributed by atoms with Crippen LogP contribution in [0.4, 0.5) is 0 Å². The number of benzene rings is 1. The van der Waals surface area contributed by atoms with E-state index in [9.17, 15) is 0 Å². The summed E-state index contributed by atoms with van der Waals surface area (Å²) >= 11 is 2.01. The van der Waals surface area contributed by atoms with Crippen molar-refractivity contribution in [3.63, 3.8) is 0 Å². The minimum atomic E-state index is 1.22. The molecule has 2 rings (SSSR count). The van der Waals surface area contributed by atoms with E-state index in [0.29, 0.717) is 0 Å². The molecule has 1 heteroatoms. The summed E-state index contributed by atoms with van der Waals surface area (Å²) in [5, 5.41) is 0. The van der Waals surface area contributed by atoms with Crippen LogP contribution < -0.4 is 0 Å². The maximum Gasteiger partial charge on any atom is 0.0191 e. The standard InChI is InChI=1S/C9H10S/c1-7-2-3-8-5-10-6-9(8)4-7/h2-4H,5-6H2,1H3. The van der Waals surface area contributed by atoms with Crippen molar-refractivity contribution >= 4 is 11.8 Å². The zero-order valence-corrected chi connectivity index (χ0v) is 6.87. The minimum absolute atomic E-state index is 1.22. The van der Waals surface area contributed by atoms with Gasteiger partial charge in [0.1, 0.15) is 0 Å². The third-order valence-corrected chi connectivity index (χ3v) is 2.91. The predicted octanol–water partition coefficient (Wildman–Crippen LogP) is 2.74. The minimum Gasteiger partial charge on any atom is -0.152 e. The van der Waals surface area contributed by atoms with Crippen LogP contribution in [0.2, 0.25) is 0 Å². The van der Waals surface area contributed by atoms with Crippen molar-refractivity contribution in [3.8, 4) is 0 Å². The third kappa shape index (κ3) is 0.948. The molecular formula is C9H10S. The molecule has 52 valence electrons. The molecule has 1 aromatic carbocycles. The molecule has 0 bridgehead atoms. The molecule has 0 aliphatic carbocycles. The van der Waals surface area contributed by atoms with E-state index in [0.717, 1.165) is 0 Å². The van der Waals surface area contributed by atoms with Crippen LogP contribution in [0.15, 0.2) is 18.2 Å². The molecule has 1 aliphatic heterocycles. The van der Waals surface area contributed by atoms with E-state index in [1.54, 1.807) is 5.56 Å². The Kier molecular flexibility index (Phi) is 1.46. The Morgan fingerprint density at radius 2 is 2.00 bits per heavy atom. The summed E-state index contributed by atoms with van der Waals surface area (Å²) in [6.45, 7) is 2.16. The molecule has 0 saturated heterocycles. The number of hydrogen-bond donors (Lipinski definition) is 0. The fourth-order valence-corrected chi connectivity index (χ4v) is 2.39. The van der Waals surface area contributed by atoms with E-state index < -0.39 is 0 Å². The van der Waals surface area contributed by atoms with E-state index in [2.05, 4.69) is 25.1 Å². The zero-order valence-electron chi connectivity index (χ0n) is 6.05. The molecule has 0 nitrogen and oxygen atoms in total. The van der Waals surface area contributed by atoms with E-state index in [4.69, 9.17) is 0 Å². The van der Waals surface area contributed by atoms with Crippen LogP contribution in [0, 0.1) is 6.92 Å². The Balaban J connectivity index is 2.52. The maximum absolute atomic E-state index is 2.30. The lowest BCUT2D eigenvalue weighted by molar-refractivity contribution is 1.31. The molecule has 0 fully saturated rings. The average Bonchev–Trinajstić information content (AvgIpc) is 2.33. The summed E-state index contributed by atoms with van der Waals surface area (Å²) in [6, 6.07) is 6.75. The molecule has 1 heterocycles. The largest absolute Gasteiger partial charge is 0.152 e. The second-order valence-corrected chi connectivity index (χ2v) is 3.75. The highest BCUT2D eigenvalue weighted by molar-refractivity contribution is 7.98. The molecule has 0 N–H and O–H groups in total. The molecule has 0 amide bonds. The Hall–Kier alpha value is -0.430. The Bertz CT molecular complexity index is 253. The summed E-state index contributed by atoms with van der Waals surface area (Å²) in [7, 11) is 0. The van der Waals surface area contributed by atoms with Crippen molar-refractivity contribution in [2.75, 3.05) is 0 Å². The summed E-state index contributed by atoms with van der Waals surface area (Å²) in [5.74, 6) is 2.44. The van der Waals surface area contributed by atoms with E-state index >= 15 is 0 Å². The molecule has 0 unspecified atom stereocenters. The lowest BCUT2D eigenvalue weighted by Crippen LogP contribution is -1.81. The Labute approximate surface area is 65.6 Å². The van der Waals surface area contributed by atoms with Gasteiger partial charge in [0.15, 0.2) is 0 Å². The first kappa shape index (κ1) is 6.29. The first-order chi connectivity index (χ1) is 4.86.